The number of furan rings is 1. The van der Waals surface area contributed by atoms with Crippen molar-refractivity contribution in [3.05, 3.63) is 48.4 Å². The zero-order valence-corrected chi connectivity index (χ0v) is 14.6. The number of hydrogen-bond acceptors (Lipinski definition) is 4. The van der Waals surface area contributed by atoms with Crippen molar-refractivity contribution < 1.29 is 13.9 Å². The molecule has 5 nitrogen and oxygen atoms in total. The van der Waals surface area contributed by atoms with E-state index in [0.717, 1.165) is 50.5 Å². The molecule has 1 aliphatic heterocycles. The van der Waals surface area contributed by atoms with Crippen LogP contribution in [0.15, 0.2) is 47.1 Å². The molecule has 25 heavy (non-hydrogen) atoms. The second kappa shape index (κ2) is 6.82. The van der Waals surface area contributed by atoms with Crippen molar-refractivity contribution in [2.75, 3.05) is 38.2 Å². The molecule has 1 amide bonds. The van der Waals surface area contributed by atoms with Crippen molar-refractivity contribution in [3.63, 3.8) is 0 Å². The summed E-state index contributed by atoms with van der Waals surface area (Å²) in [5, 5.41) is 0. The largest absolute Gasteiger partial charge is 0.497 e. The van der Waals surface area contributed by atoms with E-state index in [9.17, 15) is 4.79 Å². The first kappa shape index (κ1) is 16.1. The highest BCUT2D eigenvalue weighted by Gasteiger charge is 2.47. The lowest BCUT2D eigenvalue weighted by Crippen LogP contribution is -2.36. The Balaban J connectivity index is 1.35. The van der Waals surface area contributed by atoms with Crippen molar-refractivity contribution in [2.45, 2.75) is 18.8 Å². The summed E-state index contributed by atoms with van der Waals surface area (Å²) >= 11 is 0. The van der Waals surface area contributed by atoms with E-state index >= 15 is 0 Å². The minimum Gasteiger partial charge on any atom is -0.497 e. The Kier molecular flexibility index (Phi) is 4.38. The Morgan fingerprint density at radius 1 is 1.12 bits per heavy atom. The summed E-state index contributed by atoms with van der Waals surface area (Å²) in [6.45, 7) is 3.47. The molecule has 2 fully saturated rings. The highest BCUT2D eigenvalue weighted by Crippen LogP contribution is 2.48. The molecular weight excluding hydrogens is 316 g/mol. The molecule has 0 bridgehead atoms. The predicted octanol–water partition coefficient (Wildman–Crippen LogP) is 3.13. The number of anilines is 1. The quantitative estimate of drug-likeness (QED) is 0.858. The molecule has 132 valence electrons. The molecular formula is C20H24N2O3. The minimum absolute atomic E-state index is 0.110. The lowest BCUT2D eigenvalue weighted by Gasteiger charge is -2.24. The number of carbonyl (C=O) groups is 1. The number of ether oxygens (including phenoxy) is 1. The number of hydrogen-bond donors (Lipinski definition) is 0. The molecule has 5 heteroatoms. The van der Waals surface area contributed by atoms with E-state index in [4.69, 9.17) is 9.15 Å². The maximum Gasteiger partial charge on any atom is 0.226 e. The molecule has 0 N–H and O–H groups in total. The number of nitrogens with zero attached hydrogens (tertiary/aromatic N) is 2. The number of carbonyl (C=O) groups excluding carboxylic acids is 1. The Morgan fingerprint density at radius 3 is 2.68 bits per heavy atom. The van der Waals surface area contributed by atoms with Gasteiger partial charge in [0.1, 0.15) is 11.5 Å². The first-order valence-electron chi connectivity index (χ1n) is 8.97. The van der Waals surface area contributed by atoms with Gasteiger partial charge in [0, 0.05) is 43.7 Å². The van der Waals surface area contributed by atoms with Gasteiger partial charge in [0.05, 0.1) is 13.4 Å². The fourth-order valence-electron chi connectivity index (χ4n) is 3.71. The van der Waals surface area contributed by atoms with E-state index in [1.807, 2.05) is 29.2 Å². The summed E-state index contributed by atoms with van der Waals surface area (Å²) in [5.41, 5.74) is 1.19. The van der Waals surface area contributed by atoms with Crippen LogP contribution in [0.3, 0.4) is 0 Å². The summed E-state index contributed by atoms with van der Waals surface area (Å²) < 4.78 is 10.7. The normalized spacial score (nSPS) is 23.2. The molecule has 2 aromatic rings. The summed E-state index contributed by atoms with van der Waals surface area (Å²) in [6.07, 6.45) is 3.61. The van der Waals surface area contributed by atoms with Gasteiger partial charge in [-0.25, -0.2) is 0 Å². The second-order valence-corrected chi connectivity index (χ2v) is 6.83. The van der Waals surface area contributed by atoms with Gasteiger partial charge in [-0.1, -0.05) is 0 Å². The maximum absolute atomic E-state index is 12.8. The molecule has 4 rings (SSSR count). The van der Waals surface area contributed by atoms with Crippen LogP contribution in [0.25, 0.3) is 0 Å². The standard InChI is InChI=1S/C20H24N2O3/c1-24-16-7-5-15(6-8-16)21-9-3-10-22(12-11-21)20(23)18-14-17(18)19-4-2-13-25-19/h2,4-8,13,17-18H,3,9-12,14H2,1H3/t17-,18-/m1/s1. The SMILES string of the molecule is COc1ccc(N2CCCN(C(=O)[C@@H]3C[C@H]3c3ccco3)CC2)cc1. The number of rotatable bonds is 4. The van der Waals surface area contributed by atoms with E-state index in [1.54, 1.807) is 13.4 Å². The summed E-state index contributed by atoms with van der Waals surface area (Å²) in [6, 6.07) is 12.0. The van der Waals surface area contributed by atoms with Crippen LogP contribution in [0.2, 0.25) is 0 Å². The van der Waals surface area contributed by atoms with Crippen molar-refractivity contribution >= 4 is 11.6 Å². The van der Waals surface area contributed by atoms with Gasteiger partial charge in [0.15, 0.2) is 0 Å². The first-order valence-corrected chi connectivity index (χ1v) is 8.97. The lowest BCUT2D eigenvalue weighted by atomic mass is 10.2. The minimum atomic E-state index is 0.110. The van der Waals surface area contributed by atoms with Crippen LogP contribution in [0, 0.1) is 5.92 Å². The Bertz CT molecular complexity index is 711. The van der Waals surface area contributed by atoms with E-state index in [0.29, 0.717) is 0 Å². The van der Waals surface area contributed by atoms with Crippen LogP contribution in [-0.2, 0) is 4.79 Å². The van der Waals surface area contributed by atoms with Crippen LogP contribution in [0.1, 0.15) is 24.5 Å². The molecule has 2 heterocycles. The van der Waals surface area contributed by atoms with Crippen molar-refractivity contribution in [2.24, 2.45) is 5.92 Å². The second-order valence-electron chi connectivity index (χ2n) is 6.83. The third kappa shape index (κ3) is 3.36. The molecule has 0 spiro atoms. The Morgan fingerprint density at radius 2 is 1.96 bits per heavy atom. The van der Waals surface area contributed by atoms with E-state index in [1.165, 1.54) is 5.69 Å². The molecule has 1 aromatic carbocycles. The fraction of sp³-hybridized carbons (Fsp3) is 0.450. The predicted molar refractivity (Wildman–Crippen MR) is 96.0 cm³/mol. The third-order valence-electron chi connectivity index (χ3n) is 5.26. The average Bonchev–Trinajstić information content (AvgIpc) is 3.35. The van der Waals surface area contributed by atoms with Gasteiger partial charge >= 0.3 is 0 Å². The Hall–Kier alpha value is -2.43. The van der Waals surface area contributed by atoms with Gasteiger partial charge in [-0.05, 0) is 49.2 Å². The van der Waals surface area contributed by atoms with Gasteiger partial charge in [-0.3, -0.25) is 4.79 Å². The van der Waals surface area contributed by atoms with E-state index in [-0.39, 0.29) is 17.7 Å². The van der Waals surface area contributed by atoms with Crippen molar-refractivity contribution in [1.82, 2.24) is 4.90 Å². The topological polar surface area (TPSA) is 45.9 Å². The molecule has 1 aliphatic carbocycles. The first-order chi connectivity index (χ1) is 12.3. The van der Waals surface area contributed by atoms with Gasteiger partial charge < -0.3 is 19.0 Å². The zero-order valence-electron chi connectivity index (χ0n) is 14.6. The highest BCUT2D eigenvalue weighted by molar-refractivity contribution is 5.83. The number of benzene rings is 1. The number of amides is 1. The van der Waals surface area contributed by atoms with Crippen LogP contribution in [-0.4, -0.2) is 44.1 Å². The van der Waals surface area contributed by atoms with Gasteiger partial charge in [-0.15, -0.1) is 0 Å². The molecule has 1 aromatic heterocycles. The van der Waals surface area contributed by atoms with Crippen molar-refractivity contribution in [3.8, 4) is 5.75 Å². The van der Waals surface area contributed by atoms with Crippen molar-refractivity contribution in [1.29, 1.82) is 0 Å². The van der Waals surface area contributed by atoms with Crippen LogP contribution in [0.5, 0.6) is 5.75 Å². The van der Waals surface area contributed by atoms with Gasteiger partial charge in [0.2, 0.25) is 5.91 Å². The highest BCUT2D eigenvalue weighted by atomic mass is 16.5. The van der Waals surface area contributed by atoms with E-state index in [2.05, 4.69) is 17.0 Å². The summed E-state index contributed by atoms with van der Waals surface area (Å²) in [4.78, 5) is 17.2. The number of methoxy groups -OCH3 is 1. The maximum atomic E-state index is 12.8. The van der Waals surface area contributed by atoms with Crippen LogP contribution in [0.4, 0.5) is 5.69 Å². The molecule has 2 atom stereocenters. The average molecular weight is 340 g/mol. The lowest BCUT2D eigenvalue weighted by molar-refractivity contribution is -0.132. The smallest absolute Gasteiger partial charge is 0.226 e. The van der Waals surface area contributed by atoms with Crippen LogP contribution < -0.4 is 9.64 Å². The fourth-order valence-corrected chi connectivity index (χ4v) is 3.71. The monoisotopic (exact) mass is 340 g/mol. The van der Waals surface area contributed by atoms with Gasteiger partial charge in [0.25, 0.3) is 0 Å². The summed E-state index contributed by atoms with van der Waals surface area (Å²) in [7, 11) is 1.68. The molecule has 1 saturated carbocycles. The molecule has 0 radical (unpaired) electrons. The molecule has 1 saturated heterocycles. The zero-order chi connectivity index (χ0) is 17.2. The molecule has 0 unspecified atom stereocenters. The van der Waals surface area contributed by atoms with Crippen LogP contribution >= 0.6 is 0 Å². The molecule has 2 aliphatic rings. The van der Waals surface area contributed by atoms with Gasteiger partial charge in [-0.2, -0.15) is 0 Å². The Labute approximate surface area is 148 Å². The van der Waals surface area contributed by atoms with E-state index < -0.39 is 0 Å². The third-order valence-corrected chi connectivity index (χ3v) is 5.26. The summed E-state index contributed by atoms with van der Waals surface area (Å²) in [5.74, 6) is 2.50.